The molecule has 0 amide bonds. The Bertz CT molecular complexity index is 1540. The number of rotatable bonds is 4. The molecule has 9 nitrogen and oxygen atoms in total. The van der Waals surface area contributed by atoms with Crippen LogP contribution in [-0.4, -0.2) is 29.5 Å². The number of nitrogens with zero attached hydrogens (tertiary/aromatic N) is 5. The summed E-state index contributed by atoms with van der Waals surface area (Å²) < 4.78 is 15.4. The molecule has 0 saturated carbocycles. The number of H-pyrrole nitrogens is 1. The summed E-state index contributed by atoms with van der Waals surface area (Å²) in [5, 5.41) is 3.46. The van der Waals surface area contributed by atoms with Crippen molar-refractivity contribution in [1.82, 2.24) is 29.5 Å². The summed E-state index contributed by atoms with van der Waals surface area (Å²) in [5.74, 6) is 0.442. The zero-order chi connectivity index (χ0) is 22.4. The van der Waals surface area contributed by atoms with Crippen LogP contribution in [0.15, 0.2) is 53.6 Å². The molecule has 5 rings (SSSR count). The number of nitrogens with one attached hydrogen (secondary N) is 2. The van der Waals surface area contributed by atoms with Crippen LogP contribution in [0.25, 0.3) is 27.8 Å². The molecule has 0 bridgehead atoms. The highest BCUT2D eigenvalue weighted by Gasteiger charge is 2.21. The van der Waals surface area contributed by atoms with Crippen molar-refractivity contribution in [2.24, 2.45) is 0 Å². The summed E-state index contributed by atoms with van der Waals surface area (Å²) in [4.78, 5) is 33.7. The first-order chi connectivity index (χ1) is 15.4. The highest BCUT2D eigenvalue weighted by atomic mass is 19.1. The monoisotopic (exact) mass is 430 g/mol. The lowest BCUT2D eigenvalue weighted by Gasteiger charge is -2.21. The summed E-state index contributed by atoms with van der Waals surface area (Å²) in [5.41, 5.74) is 8.41. The van der Waals surface area contributed by atoms with E-state index in [-0.39, 0.29) is 16.9 Å². The molecule has 0 spiro atoms. The van der Waals surface area contributed by atoms with E-state index in [4.69, 9.17) is 10.7 Å². The van der Waals surface area contributed by atoms with E-state index < -0.39 is 11.9 Å². The third-order valence-electron chi connectivity index (χ3n) is 5.26. The van der Waals surface area contributed by atoms with Crippen LogP contribution in [0, 0.1) is 12.7 Å². The van der Waals surface area contributed by atoms with Crippen LogP contribution in [0.4, 0.5) is 16.2 Å². The van der Waals surface area contributed by atoms with E-state index in [1.165, 1.54) is 29.1 Å². The summed E-state index contributed by atoms with van der Waals surface area (Å²) in [6.45, 7) is 3.76. The molecule has 2 aromatic carbocycles. The molecule has 10 heteroatoms. The maximum Gasteiger partial charge on any atom is 0.266 e. The molecule has 5 aromatic rings. The lowest BCUT2D eigenvalue weighted by Crippen LogP contribution is -2.28. The third-order valence-corrected chi connectivity index (χ3v) is 5.26. The predicted octanol–water partition coefficient (Wildman–Crippen LogP) is 3.25. The van der Waals surface area contributed by atoms with Crippen LogP contribution in [0.5, 0.6) is 0 Å². The van der Waals surface area contributed by atoms with Crippen LogP contribution in [0.1, 0.15) is 24.4 Å². The number of fused-ring (bicyclic) bond motifs is 2. The van der Waals surface area contributed by atoms with Crippen molar-refractivity contribution < 1.29 is 4.39 Å². The fourth-order valence-corrected chi connectivity index (χ4v) is 3.74. The minimum absolute atomic E-state index is 0.0672. The van der Waals surface area contributed by atoms with Crippen LogP contribution < -0.4 is 16.6 Å². The number of aromatic amines is 1. The minimum Gasteiger partial charge on any atom is -0.368 e. The molecule has 0 aliphatic heterocycles. The number of aromatic nitrogens is 6. The van der Waals surface area contributed by atoms with Crippen LogP contribution in [0.2, 0.25) is 0 Å². The van der Waals surface area contributed by atoms with Gasteiger partial charge in [0, 0.05) is 0 Å². The Hall–Kier alpha value is -4.34. The summed E-state index contributed by atoms with van der Waals surface area (Å²) in [7, 11) is 0. The molecular formula is C22H19FN8O. The van der Waals surface area contributed by atoms with Crippen LogP contribution in [0.3, 0.4) is 0 Å². The van der Waals surface area contributed by atoms with Crippen LogP contribution >= 0.6 is 0 Å². The molecule has 32 heavy (non-hydrogen) atoms. The number of aryl methyl sites for hydroxylation is 1. The van der Waals surface area contributed by atoms with E-state index in [1.54, 1.807) is 0 Å². The molecule has 3 heterocycles. The van der Waals surface area contributed by atoms with Gasteiger partial charge < -0.3 is 16.0 Å². The molecule has 0 aliphatic carbocycles. The predicted molar refractivity (Wildman–Crippen MR) is 120 cm³/mol. The summed E-state index contributed by atoms with van der Waals surface area (Å²) >= 11 is 0. The van der Waals surface area contributed by atoms with E-state index in [1.807, 2.05) is 38.1 Å². The summed E-state index contributed by atoms with van der Waals surface area (Å²) in [6.07, 6.45) is 1.50. The fourth-order valence-electron chi connectivity index (χ4n) is 3.74. The Morgan fingerprint density at radius 3 is 2.78 bits per heavy atom. The second-order valence-electron chi connectivity index (χ2n) is 7.46. The zero-order valence-electron chi connectivity index (χ0n) is 17.3. The van der Waals surface area contributed by atoms with Gasteiger partial charge in [0.15, 0.2) is 11.5 Å². The van der Waals surface area contributed by atoms with Gasteiger partial charge in [-0.3, -0.25) is 9.36 Å². The first-order valence-electron chi connectivity index (χ1n) is 9.93. The van der Waals surface area contributed by atoms with Gasteiger partial charge in [-0.15, -0.1) is 0 Å². The van der Waals surface area contributed by atoms with Gasteiger partial charge in [0.1, 0.15) is 17.2 Å². The number of para-hydroxylation sites is 1. The largest absolute Gasteiger partial charge is 0.368 e. The van der Waals surface area contributed by atoms with Crippen LogP contribution in [-0.2, 0) is 0 Å². The highest BCUT2D eigenvalue weighted by Crippen LogP contribution is 2.25. The van der Waals surface area contributed by atoms with Crippen molar-refractivity contribution in [3.8, 4) is 5.69 Å². The first kappa shape index (κ1) is 19.6. The summed E-state index contributed by atoms with van der Waals surface area (Å²) in [6, 6.07) is 11.0. The fraction of sp³-hybridized carbons (Fsp3) is 0.136. The Kier molecular flexibility index (Phi) is 4.54. The third kappa shape index (κ3) is 3.22. The molecule has 1 atom stereocenters. The average Bonchev–Trinajstić information content (AvgIpc) is 3.23. The van der Waals surface area contributed by atoms with E-state index >= 15 is 0 Å². The molecule has 0 radical (unpaired) electrons. The van der Waals surface area contributed by atoms with Gasteiger partial charge in [0.25, 0.3) is 5.56 Å². The van der Waals surface area contributed by atoms with Crippen molar-refractivity contribution >= 4 is 33.8 Å². The number of benzene rings is 2. The average molecular weight is 430 g/mol. The van der Waals surface area contributed by atoms with E-state index in [0.29, 0.717) is 34.0 Å². The second-order valence-corrected chi connectivity index (χ2v) is 7.46. The highest BCUT2D eigenvalue weighted by molar-refractivity contribution is 5.83. The Morgan fingerprint density at radius 1 is 1.16 bits per heavy atom. The Labute approximate surface area is 181 Å². The molecule has 0 aliphatic rings. The lowest BCUT2D eigenvalue weighted by atomic mass is 10.1. The van der Waals surface area contributed by atoms with Crippen molar-refractivity contribution in [3.63, 3.8) is 0 Å². The Balaban J connectivity index is 1.73. The molecule has 1 unspecified atom stereocenters. The van der Waals surface area contributed by atoms with Crippen molar-refractivity contribution in [1.29, 1.82) is 0 Å². The normalized spacial score (nSPS) is 12.3. The Morgan fingerprint density at radius 2 is 1.97 bits per heavy atom. The maximum atomic E-state index is 13.9. The SMILES string of the molecule is Cc1ccccc1-n1c(C(C)Nc2nc(N)nc3nc[nH]c23)nc2ccc(F)cc2c1=O. The number of anilines is 2. The number of hydrogen-bond donors (Lipinski definition) is 3. The molecule has 4 N–H and O–H groups in total. The van der Waals surface area contributed by atoms with Gasteiger partial charge in [0.2, 0.25) is 5.95 Å². The number of hydrogen-bond acceptors (Lipinski definition) is 7. The molecule has 0 saturated heterocycles. The van der Waals surface area contributed by atoms with E-state index in [2.05, 4.69) is 25.3 Å². The maximum absolute atomic E-state index is 13.9. The van der Waals surface area contributed by atoms with Gasteiger partial charge in [-0.05, 0) is 43.7 Å². The van der Waals surface area contributed by atoms with Crippen molar-refractivity contribution in [3.05, 3.63) is 76.4 Å². The molecular weight excluding hydrogens is 411 g/mol. The smallest absolute Gasteiger partial charge is 0.266 e. The molecule has 160 valence electrons. The number of imidazole rings is 1. The standard InChI is InChI=1S/C22H19FN8O/c1-11-5-3-4-6-16(11)31-20(28-15-8-7-13(23)9-14(15)21(31)32)12(2)27-19-17-18(26-10-25-17)29-22(24)30-19/h3-10,12H,1-2H3,(H4,24,25,26,27,29,30). The lowest BCUT2D eigenvalue weighted by molar-refractivity contribution is 0.629. The van der Waals surface area contributed by atoms with E-state index in [0.717, 1.165) is 5.56 Å². The number of nitrogens with two attached hydrogens (primary N) is 1. The zero-order valence-corrected chi connectivity index (χ0v) is 17.3. The molecule has 3 aromatic heterocycles. The minimum atomic E-state index is -0.496. The van der Waals surface area contributed by atoms with Crippen molar-refractivity contribution in [2.45, 2.75) is 19.9 Å². The van der Waals surface area contributed by atoms with Crippen molar-refractivity contribution in [2.75, 3.05) is 11.1 Å². The first-order valence-corrected chi connectivity index (χ1v) is 9.93. The molecule has 0 fully saturated rings. The topological polar surface area (TPSA) is 127 Å². The van der Waals surface area contributed by atoms with Gasteiger partial charge in [0.05, 0.1) is 29.0 Å². The van der Waals surface area contributed by atoms with Gasteiger partial charge >= 0.3 is 0 Å². The second kappa shape index (κ2) is 7.41. The van der Waals surface area contributed by atoms with E-state index in [9.17, 15) is 9.18 Å². The van der Waals surface area contributed by atoms with Gasteiger partial charge in [-0.2, -0.15) is 9.97 Å². The number of halogens is 1. The number of nitrogen functional groups attached to an aromatic ring is 1. The van der Waals surface area contributed by atoms with Gasteiger partial charge in [-0.1, -0.05) is 18.2 Å². The van der Waals surface area contributed by atoms with Gasteiger partial charge in [-0.25, -0.2) is 14.4 Å². The quantitative estimate of drug-likeness (QED) is 0.399.